The van der Waals surface area contributed by atoms with Gasteiger partial charge in [-0.15, -0.1) is 0 Å². The van der Waals surface area contributed by atoms with E-state index < -0.39 is 23.3 Å². The van der Waals surface area contributed by atoms with Gasteiger partial charge in [0.2, 0.25) is 0 Å². The number of ether oxygens (including phenoxy) is 3. The molecule has 1 aliphatic heterocycles. The molecule has 0 spiro atoms. The molecule has 0 aliphatic carbocycles. The first kappa shape index (κ1) is 28.3. The lowest BCUT2D eigenvalue weighted by Crippen LogP contribution is -2.43. The molecule has 39 heavy (non-hydrogen) atoms. The molecule has 0 bridgehead atoms. The van der Waals surface area contributed by atoms with Crippen LogP contribution in [-0.2, 0) is 20.7 Å². The molecule has 0 radical (unpaired) electrons. The van der Waals surface area contributed by atoms with E-state index in [9.17, 15) is 14.0 Å². The molecule has 0 saturated carbocycles. The van der Waals surface area contributed by atoms with Crippen molar-refractivity contribution in [2.45, 2.75) is 58.4 Å². The number of rotatable bonds is 6. The zero-order valence-corrected chi connectivity index (χ0v) is 23.6. The number of fused-ring (bicyclic) bond motifs is 3. The highest BCUT2D eigenvalue weighted by atomic mass is 19.1. The molecule has 0 fully saturated rings. The maximum Gasteiger partial charge on any atom is 0.435 e. The molecular formula is C30H36FN3O5. The average molecular weight is 538 g/mol. The van der Waals surface area contributed by atoms with E-state index in [4.69, 9.17) is 9.47 Å². The van der Waals surface area contributed by atoms with Crippen LogP contribution < -0.4 is 4.74 Å². The molecule has 1 aromatic heterocycles. The van der Waals surface area contributed by atoms with Gasteiger partial charge in [0.1, 0.15) is 17.0 Å². The molecular weight excluding hydrogens is 501 g/mol. The second-order valence-electron chi connectivity index (χ2n) is 11.3. The first-order valence-corrected chi connectivity index (χ1v) is 12.9. The number of benzene rings is 2. The number of carbonyl (C=O) groups excluding carboxylic acids is 2. The van der Waals surface area contributed by atoms with Gasteiger partial charge in [-0.1, -0.05) is 18.2 Å². The van der Waals surface area contributed by atoms with Gasteiger partial charge >= 0.3 is 12.1 Å². The second-order valence-corrected chi connectivity index (χ2v) is 11.3. The lowest BCUT2D eigenvalue weighted by molar-refractivity contribution is -0.134. The van der Waals surface area contributed by atoms with Crippen molar-refractivity contribution in [3.8, 4) is 5.75 Å². The standard InChI is InChI=1S/C30H36FN3O5/c1-29(2,3)39-28(36)34-24-12-11-21-20(23(24)17-32-34)14-15-33(18-30(4,5)31)27(21)22-10-8-19(16-25(22)37-6)9-13-26(35)38-7/h8-13,16-17,27H,14-15,18H2,1-7H3/b13-9+. The van der Waals surface area contributed by atoms with Gasteiger partial charge in [0.25, 0.3) is 0 Å². The number of nitrogens with zero attached hydrogens (tertiary/aromatic N) is 3. The Hall–Kier alpha value is -3.72. The highest BCUT2D eigenvalue weighted by molar-refractivity contribution is 5.91. The minimum absolute atomic E-state index is 0.222. The van der Waals surface area contributed by atoms with E-state index in [1.807, 2.05) is 51.1 Å². The number of aromatic nitrogens is 2. The van der Waals surface area contributed by atoms with Gasteiger partial charge in [0, 0.05) is 30.1 Å². The smallest absolute Gasteiger partial charge is 0.435 e. The number of hydrogen-bond acceptors (Lipinski definition) is 7. The maximum atomic E-state index is 15.0. The minimum atomic E-state index is -1.42. The summed E-state index contributed by atoms with van der Waals surface area (Å²) in [6, 6.07) is 9.23. The first-order chi connectivity index (χ1) is 18.3. The van der Waals surface area contributed by atoms with E-state index in [2.05, 4.69) is 14.7 Å². The summed E-state index contributed by atoms with van der Waals surface area (Å²) < 4.78 is 32.3. The molecule has 208 valence electrons. The van der Waals surface area contributed by atoms with Crippen LogP contribution in [0.2, 0.25) is 0 Å². The van der Waals surface area contributed by atoms with Crippen LogP contribution in [0.4, 0.5) is 9.18 Å². The van der Waals surface area contributed by atoms with Crippen LogP contribution >= 0.6 is 0 Å². The highest BCUT2D eigenvalue weighted by Crippen LogP contribution is 2.42. The SMILES string of the molecule is COC(=O)/C=C/c1ccc(C2c3ccc4c(cnn4C(=O)OC(C)(C)C)c3CCN2CC(C)(C)F)c(OC)c1. The van der Waals surface area contributed by atoms with E-state index in [0.29, 0.717) is 24.2 Å². The van der Waals surface area contributed by atoms with Crippen LogP contribution in [-0.4, -0.2) is 65.3 Å². The van der Waals surface area contributed by atoms with Crippen LogP contribution in [0.1, 0.15) is 62.9 Å². The fourth-order valence-electron chi connectivity index (χ4n) is 5.05. The van der Waals surface area contributed by atoms with Crippen LogP contribution in [0.3, 0.4) is 0 Å². The van der Waals surface area contributed by atoms with Crippen molar-refractivity contribution >= 4 is 29.0 Å². The third-order valence-electron chi connectivity index (χ3n) is 6.52. The molecule has 0 amide bonds. The van der Waals surface area contributed by atoms with Crippen molar-refractivity contribution in [1.82, 2.24) is 14.7 Å². The minimum Gasteiger partial charge on any atom is -0.496 e. The van der Waals surface area contributed by atoms with Crippen molar-refractivity contribution in [1.29, 1.82) is 0 Å². The Morgan fingerprint density at radius 2 is 1.82 bits per heavy atom. The van der Waals surface area contributed by atoms with Crippen molar-refractivity contribution < 1.29 is 28.2 Å². The Balaban J connectivity index is 1.82. The zero-order chi connectivity index (χ0) is 28.5. The summed E-state index contributed by atoms with van der Waals surface area (Å²) in [5, 5.41) is 5.21. The predicted molar refractivity (Wildman–Crippen MR) is 148 cm³/mol. The number of alkyl halides is 1. The summed E-state index contributed by atoms with van der Waals surface area (Å²) in [6.07, 6.45) is 4.83. The number of carbonyl (C=O) groups is 2. The summed E-state index contributed by atoms with van der Waals surface area (Å²) in [4.78, 5) is 26.5. The van der Waals surface area contributed by atoms with Gasteiger partial charge in [0.05, 0.1) is 32.0 Å². The number of hydrogen-bond donors (Lipinski definition) is 0. The maximum absolute atomic E-state index is 15.0. The molecule has 0 N–H and O–H groups in total. The van der Waals surface area contributed by atoms with Gasteiger partial charge in [0.15, 0.2) is 0 Å². The quantitative estimate of drug-likeness (QED) is 0.294. The van der Waals surface area contributed by atoms with E-state index in [1.165, 1.54) is 17.9 Å². The predicted octanol–water partition coefficient (Wildman–Crippen LogP) is 5.71. The normalized spacial score (nSPS) is 16.4. The Kier molecular flexibility index (Phi) is 7.84. The van der Waals surface area contributed by atoms with E-state index in [0.717, 1.165) is 27.6 Å². The van der Waals surface area contributed by atoms with Gasteiger partial charge in [-0.3, -0.25) is 4.90 Å². The van der Waals surface area contributed by atoms with Gasteiger partial charge in [-0.25, -0.2) is 14.0 Å². The lowest BCUT2D eigenvalue weighted by atomic mass is 9.85. The molecule has 3 aromatic rings. The fourth-order valence-corrected chi connectivity index (χ4v) is 5.05. The fraction of sp³-hybridized carbons (Fsp3) is 0.433. The van der Waals surface area contributed by atoms with E-state index >= 15 is 0 Å². The molecule has 9 heteroatoms. The van der Waals surface area contributed by atoms with Gasteiger partial charge in [-0.2, -0.15) is 9.78 Å². The third-order valence-corrected chi connectivity index (χ3v) is 6.52. The van der Waals surface area contributed by atoms with Crippen molar-refractivity contribution in [3.05, 3.63) is 64.9 Å². The highest BCUT2D eigenvalue weighted by Gasteiger charge is 2.35. The monoisotopic (exact) mass is 537 g/mol. The van der Waals surface area contributed by atoms with Crippen LogP contribution in [0.5, 0.6) is 5.75 Å². The Morgan fingerprint density at radius 3 is 2.46 bits per heavy atom. The van der Waals surface area contributed by atoms with Crippen molar-refractivity contribution in [3.63, 3.8) is 0 Å². The molecule has 8 nitrogen and oxygen atoms in total. The zero-order valence-electron chi connectivity index (χ0n) is 23.6. The van der Waals surface area contributed by atoms with E-state index in [1.54, 1.807) is 33.2 Å². The summed E-state index contributed by atoms with van der Waals surface area (Å²) in [5.74, 6) is 0.164. The summed E-state index contributed by atoms with van der Waals surface area (Å²) >= 11 is 0. The number of methoxy groups -OCH3 is 2. The molecule has 4 rings (SSSR count). The Bertz CT molecular complexity index is 1410. The Labute approximate surface area is 228 Å². The number of esters is 1. The van der Waals surface area contributed by atoms with Gasteiger partial charge < -0.3 is 14.2 Å². The van der Waals surface area contributed by atoms with Crippen LogP contribution in [0, 0.1) is 0 Å². The Morgan fingerprint density at radius 1 is 1.10 bits per heavy atom. The van der Waals surface area contributed by atoms with Crippen LogP contribution in [0.15, 0.2) is 42.6 Å². The second kappa shape index (κ2) is 10.8. The largest absolute Gasteiger partial charge is 0.496 e. The van der Waals surface area contributed by atoms with E-state index in [-0.39, 0.29) is 12.6 Å². The van der Waals surface area contributed by atoms with Crippen molar-refractivity contribution in [2.24, 2.45) is 0 Å². The van der Waals surface area contributed by atoms with Gasteiger partial charge in [-0.05, 0) is 75.9 Å². The summed E-state index contributed by atoms with van der Waals surface area (Å²) in [6.45, 7) is 9.42. The molecule has 0 saturated heterocycles. The summed E-state index contributed by atoms with van der Waals surface area (Å²) in [7, 11) is 2.92. The topological polar surface area (TPSA) is 82.9 Å². The molecule has 1 aliphatic rings. The average Bonchev–Trinajstić information content (AvgIpc) is 3.30. The lowest BCUT2D eigenvalue weighted by Gasteiger charge is -2.40. The first-order valence-electron chi connectivity index (χ1n) is 12.9. The molecule has 1 atom stereocenters. The molecule has 2 aromatic carbocycles. The molecule has 1 unspecified atom stereocenters. The summed E-state index contributed by atoms with van der Waals surface area (Å²) in [5.41, 5.74) is 2.28. The third kappa shape index (κ3) is 6.30. The van der Waals surface area contributed by atoms with Crippen molar-refractivity contribution in [2.75, 3.05) is 27.3 Å². The van der Waals surface area contributed by atoms with Crippen LogP contribution in [0.25, 0.3) is 17.0 Å². The molecule has 2 heterocycles. The number of halogens is 1.